The van der Waals surface area contributed by atoms with E-state index in [1.165, 1.54) is 0 Å². The molecular weight excluding hydrogens is 381 g/mol. The molecule has 3 nitrogen and oxygen atoms in total. The molecule has 0 aliphatic heterocycles. The fourth-order valence-electron chi connectivity index (χ4n) is 3.10. The molecule has 4 rings (SSSR count). The maximum Gasteiger partial charge on any atom is 1.00 e. The number of rotatable bonds is 4. The molecule has 0 saturated heterocycles. The van der Waals surface area contributed by atoms with Crippen molar-refractivity contribution in [1.29, 1.82) is 0 Å². The van der Waals surface area contributed by atoms with Crippen molar-refractivity contribution in [3.05, 3.63) is 77.2 Å². The number of aromatic hydroxyl groups is 1. The Balaban J connectivity index is 0.00000210. The Hall–Kier alpha value is -1.21. The standard InChI is InChI=1S/C22H19NO2S.K/c1-14(16-8-9-18-13-19(25-2)11-10-17(18)12-16)20-21(24)23-22(26-20)15-6-4-3-5-7-15;/h3-14,24H,1-2H3;/q;+1. The molecule has 4 aromatic rings. The Morgan fingerprint density at radius 1 is 0.963 bits per heavy atom. The SMILES string of the molecule is COc1ccc2cc(C(C)c3sc(-c4ccccc4)nc3O)ccc2c1.[K+]. The van der Waals surface area contributed by atoms with Crippen LogP contribution in [0.5, 0.6) is 11.6 Å². The minimum absolute atomic E-state index is 0. The molecule has 0 fully saturated rings. The van der Waals surface area contributed by atoms with Crippen LogP contribution in [0, 0.1) is 0 Å². The van der Waals surface area contributed by atoms with Gasteiger partial charge in [-0.15, -0.1) is 11.3 Å². The van der Waals surface area contributed by atoms with Crippen molar-refractivity contribution in [1.82, 2.24) is 4.98 Å². The van der Waals surface area contributed by atoms with Crippen LogP contribution in [0.1, 0.15) is 23.3 Å². The average Bonchev–Trinajstić information content (AvgIpc) is 3.09. The molecule has 0 bridgehead atoms. The average molecular weight is 401 g/mol. The van der Waals surface area contributed by atoms with E-state index in [-0.39, 0.29) is 63.2 Å². The van der Waals surface area contributed by atoms with E-state index in [4.69, 9.17) is 4.74 Å². The van der Waals surface area contributed by atoms with Crippen LogP contribution in [0.3, 0.4) is 0 Å². The zero-order chi connectivity index (χ0) is 18.1. The van der Waals surface area contributed by atoms with Crippen LogP contribution in [-0.4, -0.2) is 17.2 Å². The van der Waals surface area contributed by atoms with Gasteiger partial charge in [0.15, 0.2) is 0 Å². The van der Waals surface area contributed by atoms with Gasteiger partial charge in [-0.25, -0.2) is 4.98 Å². The molecule has 1 aromatic heterocycles. The molecule has 0 radical (unpaired) electrons. The molecule has 1 atom stereocenters. The van der Waals surface area contributed by atoms with Gasteiger partial charge in [0.2, 0.25) is 5.88 Å². The summed E-state index contributed by atoms with van der Waals surface area (Å²) in [5, 5.41) is 13.5. The van der Waals surface area contributed by atoms with Gasteiger partial charge in [-0.1, -0.05) is 61.5 Å². The molecule has 0 aliphatic carbocycles. The van der Waals surface area contributed by atoms with Crippen LogP contribution < -0.4 is 56.1 Å². The Kier molecular flexibility index (Phi) is 6.73. The van der Waals surface area contributed by atoms with E-state index in [0.717, 1.165) is 37.5 Å². The molecule has 0 amide bonds. The van der Waals surface area contributed by atoms with E-state index in [0.29, 0.717) is 0 Å². The van der Waals surface area contributed by atoms with E-state index in [1.807, 2.05) is 42.5 Å². The number of hydrogen-bond donors (Lipinski definition) is 1. The predicted molar refractivity (Wildman–Crippen MR) is 107 cm³/mol. The summed E-state index contributed by atoms with van der Waals surface area (Å²) >= 11 is 1.55. The van der Waals surface area contributed by atoms with Crippen molar-refractivity contribution in [2.75, 3.05) is 7.11 Å². The van der Waals surface area contributed by atoms with Crippen molar-refractivity contribution < 1.29 is 61.2 Å². The maximum absolute atomic E-state index is 10.4. The Labute approximate surface area is 205 Å². The number of nitrogens with zero attached hydrogens (tertiary/aromatic N) is 1. The molecule has 1 N–H and O–H groups in total. The third-order valence-electron chi connectivity index (χ3n) is 4.62. The van der Waals surface area contributed by atoms with Crippen molar-refractivity contribution in [3.8, 4) is 22.2 Å². The third-order valence-corrected chi connectivity index (χ3v) is 5.90. The maximum atomic E-state index is 10.4. The summed E-state index contributed by atoms with van der Waals surface area (Å²) in [5.41, 5.74) is 2.18. The molecule has 27 heavy (non-hydrogen) atoms. The van der Waals surface area contributed by atoms with Gasteiger partial charge >= 0.3 is 51.4 Å². The van der Waals surface area contributed by atoms with Gasteiger partial charge in [0.25, 0.3) is 0 Å². The molecule has 1 heterocycles. The quantitative estimate of drug-likeness (QED) is 0.536. The zero-order valence-corrected chi connectivity index (χ0v) is 19.6. The van der Waals surface area contributed by atoms with Gasteiger partial charge < -0.3 is 9.84 Å². The monoisotopic (exact) mass is 400 g/mol. The van der Waals surface area contributed by atoms with Gasteiger partial charge in [-0.3, -0.25) is 0 Å². The molecule has 3 aromatic carbocycles. The fourth-order valence-corrected chi connectivity index (χ4v) is 4.14. The Morgan fingerprint density at radius 3 is 2.41 bits per heavy atom. The first-order valence-corrected chi connectivity index (χ1v) is 9.30. The molecule has 0 aliphatic rings. The van der Waals surface area contributed by atoms with Gasteiger partial charge in [-0.2, -0.15) is 0 Å². The number of methoxy groups -OCH3 is 1. The molecule has 130 valence electrons. The van der Waals surface area contributed by atoms with Crippen molar-refractivity contribution in [3.63, 3.8) is 0 Å². The first kappa shape index (κ1) is 20.5. The zero-order valence-electron chi connectivity index (χ0n) is 15.6. The Morgan fingerprint density at radius 2 is 1.67 bits per heavy atom. The van der Waals surface area contributed by atoms with Crippen LogP contribution in [0.4, 0.5) is 0 Å². The third kappa shape index (κ3) is 4.29. The number of benzene rings is 3. The molecule has 0 saturated carbocycles. The van der Waals surface area contributed by atoms with E-state index in [9.17, 15) is 5.11 Å². The minimum Gasteiger partial charge on any atom is -0.497 e. The van der Waals surface area contributed by atoms with E-state index < -0.39 is 0 Å². The number of aromatic nitrogens is 1. The van der Waals surface area contributed by atoms with Gasteiger partial charge in [0.1, 0.15) is 10.8 Å². The van der Waals surface area contributed by atoms with Crippen molar-refractivity contribution in [2.24, 2.45) is 0 Å². The second kappa shape index (κ2) is 8.86. The second-order valence-corrected chi connectivity index (χ2v) is 7.30. The van der Waals surface area contributed by atoms with Gasteiger partial charge in [-0.05, 0) is 28.5 Å². The number of thiazole rings is 1. The molecule has 1 unspecified atom stereocenters. The summed E-state index contributed by atoms with van der Waals surface area (Å²) in [7, 11) is 1.68. The summed E-state index contributed by atoms with van der Waals surface area (Å²) in [6, 6.07) is 22.4. The van der Waals surface area contributed by atoms with Crippen molar-refractivity contribution >= 4 is 22.1 Å². The number of ether oxygens (including phenoxy) is 1. The van der Waals surface area contributed by atoms with Gasteiger partial charge in [0.05, 0.1) is 12.0 Å². The summed E-state index contributed by atoms with van der Waals surface area (Å²) < 4.78 is 5.29. The first-order chi connectivity index (χ1) is 12.7. The first-order valence-electron chi connectivity index (χ1n) is 8.48. The summed E-state index contributed by atoms with van der Waals surface area (Å²) in [6.07, 6.45) is 0. The van der Waals surface area contributed by atoms with E-state index in [2.05, 4.69) is 36.2 Å². The smallest absolute Gasteiger partial charge is 0.497 e. The number of hydrogen-bond acceptors (Lipinski definition) is 4. The van der Waals surface area contributed by atoms with Crippen LogP contribution >= 0.6 is 11.3 Å². The molecule has 0 spiro atoms. The summed E-state index contributed by atoms with van der Waals surface area (Å²) in [4.78, 5) is 5.26. The summed E-state index contributed by atoms with van der Waals surface area (Å²) in [5.74, 6) is 1.04. The molecule has 5 heteroatoms. The molecular formula is C22H19KNO2S+. The normalized spacial score (nSPS) is 11.8. The van der Waals surface area contributed by atoms with Crippen LogP contribution in [-0.2, 0) is 0 Å². The Bertz CT molecular complexity index is 1060. The van der Waals surface area contributed by atoms with E-state index in [1.54, 1.807) is 18.4 Å². The van der Waals surface area contributed by atoms with E-state index >= 15 is 0 Å². The largest absolute Gasteiger partial charge is 1.00 e. The van der Waals surface area contributed by atoms with Crippen molar-refractivity contribution in [2.45, 2.75) is 12.8 Å². The van der Waals surface area contributed by atoms with Gasteiger partial charge in [0, 0.05) is 11.5 Å². The minimum atomic E-state index is 0. The summed E-state index contributed by atoms with van der Waals surface area (Å²) in [6.45, 7) is 2.10. The van der Waals surface area contributed by atoms with Crippen LogP contribution in [0.25, 0.3) is 21.3 Å². The second-order valence-electron chi connectivity index (χ2n) is 6.27. The predicted octanol–water partition coefficient (Wildman–Crippen LogP) is 2.83. The van der Waals surface area contributed by atoms with Crippen LogP contribution in [0.15, 0.2) is 66.7 Å². The fraction of sp³-hybridized carbons (Fsp3) is 0.136. The van der Waals surface area contributed by atoms with Crippen LogP contribution in [0.2, 0.25) is 0 Å². The topological polar surface area (TPSA) is 42.4 Å². The number of fused-ring (bicyclic) bond motifs is 1.